The molecule has 3 aromatic rings. The molecule has 108 valence electrons. The van der Waals surface area contributed by atoms with Gasteiger partial charge in [0.05, 0.1) is 0 Å². The van der Waals surface area contributed by atoms with Crippen LogP contribution in [0.15, 0.2) is 48.7 Å². The third-order valence-electron chi connectivity index (χ3n) is 3.42. The highest BCUT2D eigenvalue weighted by Crippen LogP contribution is 2.29. The van der Waals surface area contributed by atoms with Crippen LogP contribution in [0.4, 0.5) is 5.69 Å². The Labute approximate surface area is 128 Å². The highest BCUT2D eigenvalue weighted by molar-refractivity contribution is 7.18. The van der Waals surface area contributed by atoms with E-state index in [1.165, 1.54) is 10.4 Å². The molecule has 0 saturated carbocycles. The molecular formula is C17H18N2OS. The first-order chi connectivity index (χ1) is 10.4. The molecule has 3 nitrogen and oxygen atoms in total. The molecule has 21 heavy (non-hydrogen) atoms. The molecule has 0 fully saturated rings. The number of anilines is 1. The summed E-state index contributed by atoms with van der Waals surface area (Å²) in [4.78, 5) is 6.62. The fourth-order valence-electron chi connectivity index (χ4n) is 2.36. The van der Waals surface area contributed by atoms with Crippen molar-refractivity contribution in [1.29, 1.82) is 0 Å². The highest BCUT2D eigenvalue weighted by atomic mass is 32.1. The molecule has 0 unspecified atom stereocenters. The lowest BCUT2D eigenvalue weighted by atomic mass is 10.1. The average Bonchev–Trinajstić information content (AvgIpc) is 2.92. The maximum absolute atomic E-state index is 9.05. The van der Waals surface area contributed by atoms with E-state index in [-0.39, 0.29) is 6.61 Å². The Kier molecular flexibility index (Phi) is 4.48. The first-order valence-electron chi connectivity index (χ1n) is 7.13. The van der Waals surface area contributed by atoms with Crippen LogP contribution in [-0.4, -0.2) is 23.2 Å². The largest absolute Gasteiger partial charge is 0.396 e. The monoisotopic (exact) mass is 298 g/mol. The Hall–Kier alpha value is -1.91. The van der Waals surface area contributed by atoms with Gasteiger partial charge in [0, 0.05) is 41.7 Å². The van der Waals surface area contributed by atoms with Gasteiger partial charge in [-0.1, -0.05) is 30.3 Å². The van der Waals surface area contributed by atoms with Crippen LogP contribution in [0, 0.1) is 0 Å². The number of aliphatic hydroxyl groups excluding tert-OH is 1. The number of nitrogens with one attached hydrogen (secondary N) is 1. The quantitative estimate of drug-likeness (QED) is 0.732. The Morgan fingerprint density at radius 2 is 1.95 bits per heavy atom. The fraction of sp³-hybridized carbons (Fsp3) is 0.235. The summed E-state index contributed by atoms with van der Waals surface area (Å²) in [6, 6.07) is 14.6. The first kappa shape index (κ1) is 14.0. The minimum absolute atomic E-state index is 0.184. The van der Waals surface area contributed by atoms with E-state index in [4.69, 9.17) is 5.11 Å². The van der Waals surface area contributed by atoms with Crippen LogP contribution in [-0.2, 0) is 12.8 Å². The molecule has 2 heterocycles. The topological polar surface area (TPSA) is 45.1 Å². The number of fused-ring (bicyclic) bond motifs is 1. The Bertz CT molecular complexity index is 709. The zero-order valence-electron chi connectivity index (χ0n) is 11.7. The SMILES string of the molecule is OCCc1cc2c(NCCc3ccccc3)ccnc2s1. The molecule has 3 rings (SSSR count). The van der Waals surface area contributed by atoms with Crippen molar-refractivity contribution in [2.24, 2.45) is 0 Å². The van der Waals surface area contributed by atoms with Gasteiger partial charge in [0.25, 0.3) is 0 Å². The van der Waals surface area contributed by atoms with Gasteiger partial charge in [0.15, 0.2) is 0 Å². The van der Waals surface area contributed by atoms with Crippen molar-refractivity contribution in [3.8, 4) is 0 Å². The fourth-order valence-corrected chi connectivity index (χ4v) is 3.37. The molecule has 2 aromatic heterocycles. The highest BCUT2D eigenvalue weighted by Gasteiger charge is 2.06. The maximum Gasteiger partial charge on any atom is 0.125 e. The average molecular weight is 298 g/mol. The van der Waals surface area contributed by atoms with Crippen LogP contribution >= 0.6 is 11.3 Å². The van der Waals surface area contributed by atoms with E-state index in [2.05, 4.69) is 40.6 Å². The van der Waals surface area contributed by atoms with Gasteiger partial charge >= 0.3 is 0 Å². The number of hydrogen-bond donors (Lipinski definition) is 2. The second kappa shape index (κ2) is 6.70. The molecule has 0 bridgehead atoms. The number of nitrogens with zero attached hydrogens (tertiary/aromatic N) is 1. The summed E-state index contributed by atoms with van der Waals surface area (Å²) in [7, 11) is 0. The Balaban J connectivity index is 1.71. The molecular weight excluding hydrogens is 280 g/mol. The van der Waals surface area contributed by atoms with Crippen LogP contribution < -0.4 is 5.32 Å². The van der Waals surface area contributed by atoms with E-state index in [1.807, 2.05) is 18.3 Å². The summed E-state index contributed by atoms with van der Waals surface area (Å²) in [5.41, 5.74) is 2.46. The smallest absolute Gasteiger partial charge is 0.125 e. The predicted molar refractivity (Wildman–Crippen MR) is 89.0 cm³/mol. The molecule has 0 radical (unpaired) electrons. The first-order valence-corrected chi connectivity index (χ1v) is 7.94. The standard InChI is InChI=1S/C17H18N2OS/c20-11-8-14-12-15-16(7-10-19-17(15)21-14)18-9-6-13-4-2-1-3-5-13/h1-5,7,10,12,20H,6,8-9,11H2,(H,18,19). The van der Waals surface area contributed by atoms with Crippen LogP contribution in [0.2, 0.25) is 0 Å². The van der Waals surface area contributed by atoms with Crippen LogP contribution in [0.25, 0.3) is 10.2 Å². The molecule has 0 spiro atoms. The third-order valence-corrected chi connectivity index (χ3v) is 4.52. The molecule has 2 N–H and O–H groups in total. The van der Waals surface area contributed by atoms with E-state index in [1.54, 1.807) is 11.3 Å². The summed E-state index contributed by atoms with van der Waals surface area (Å²) in [6.45, 7) is 1.08. The number of hydrogen-bond acceptors (Lipinski definition) is 4. The summed E-state index contributed by atoms with van der Waals surface area (Å²) < 4.78 is 0. The van der Waals surface area contributed by atoms with E-state index in [0.717, 1.165) is 28.9 Å². The number of aromatic nitrogens is 1. The van der Waals surface area contributed by atoms with Crippen molar-refractivity contribution < 1.29 is 5.11 Å². The van der Waals surface area contributed by atoms with Crippen molar-refractivity contribution in [3.63, 3.8) is 0 Å². The van der Waals surface area contributed by atoms with Crippen molar-refractivity contribution in [3.05, 3.63) is 59.1 Å². The maximum atomic E-state index is 9.05. The Morgan fingerprint density at radius 1 is 1.10 bits per heavy atom. The number of pyridine rings is 1. The summed E-state index contributed by atoms with van der Waals surface area (Å²) in [5, 5.41) is 13.7. The van der Waals surface area contributed by atoms with E-state index < -0.39 is 0 Å². The molecule has 0 saturated heterocycles. The second-order valence-corrected chi connectivity index (χ2v) is 6.04. The van der Waals surface area contributed by atoms with Crippen molar-refractivity contribution in [1.82, 2.24) is 4.98 Å². The molecule has 0 amide bonds. The van der Waals surface area contributed by atoms with Crippen molar-refractivity contribution in [2.45, 2.75) is 12.8 Å². The zero-order valence-corrected chi connectivity index (χ0v) is 12.6. The Morgan fingerprint density at radius 3 is 2.76 bits per heavy atom. The van der Waals surface area contributed by atoms with Gasteiger partial charge < -0.3 is 10.4 Å². The van der Waals surface area contributed by atoms with Gasteiger partial charge in [0.2, 0.25) is 0 Å². The predicted octanol–water partition coefficient (Wildman–Crippen LogP) is 3.49. The number of rotatable bonds is 6. The van der Waals surface area contributed by atoms with Gasteiger partial charge in [-0.3, -0.25) is 0 Å². The van der Waals surface area contributed by atoms with Crippen LogP contribution in [0.5, 0.6) is 0 Å². The van der Waals surface area contributed by atoms with Crippen LogP contribution in [0.3, 0.4) is 0 Å². The van der Waals surface area contributed by atoms with E-state index in [0.29, 0.717) is 6.42 Å². The van der Waals surface area contributed by atoms with Gasteiger partial charge in [0.1, 0.15) is 4.83 Å². The van der Waals surface area contributed by atoms with Gasteiger partial charge in [-0.05, 0) is 24.1 Å². The lowest BCUT2D eigenvalue weighted by Crippen LogP contribution is -2.05. The third kappa shape index (κ3) is 3.40. The summed E-state index contributed by atoms with van der Waals surface area (Å²) in [6.07, 6.45) is 3.54. The van der Waals surface area contributed by atoms with E-state index in [9.17, 15) is 0 Å². The summed E-state index contributed by atoms with van der Waals surface area (Å²) >= 11 is 1.65. The minimum atomic E-state index is 0.184. The molecule has 0 aliphatic rings. The number of thiophene rings is 1. The minimum Gasteiger partial charge on any atom is -0.396 e. The molecule has 0 atom stereocenters. The van der Waals surface area contributed by atoms with Gasteiger partial charge in [-0.15, -0.1) is 11.3 Å². The van der Waals surface area contributed by atoms with Crippen molar-refractivity contribution in [2.75, 3.05) is 18.5 Å². The van der Waals surface area contributed by atoms with Gasteiger partial charge in [-0.25, -0.2) is 4.98 Å². The number of aliphatic hydroxyl groups is 1. The van der Waals surface area contributed by atoms with Gasteiger partial charge in [-0.2, -0.15) is 0 Å². The summed E-state index contributed by atoms with van der Waals surface area (Å²) in [5.74, 6) is 0. The molecule has 1 aromatic carbocycles. The molecule has 0 aliphatic heterocycles. The number of benzene rings is 1. The van der Waals surface area contributed by atoms with Crippen LogP contribution in [0.1, 0.15) is 10.4 Å². The molecule has 4 heteroatoms. The lowest BCUT2D eigenvalue weighted by Gasteiger charge is -2.07. The van der Waals surface area contributed by atoms with Crippen molar-refractivity contribution >= 4 is 27.2 Å². The molecule has 0 aliphatic carbocycles. The normalized spacial score (nSPS) is 10.9. The second-order valence-electron chi connectivity index (χ2n) is 4.93. The van der Waals surface area contributed by atoms with E-state index >= 15 is 0 Å². The lowest BCUT2D eigenvalue weighted by molar-refractivity contribution is 0.300. The zero-order chi connectivity index (χ0) is 14.5.